The highest BCUT2D eigenvalue weighted by atomic mass is 16.2. The Labute approximate surface area is 226 Å². The van der Waals surface area contributed by atoms with Gasteiger partial charge in [0.2, 0.25) is 0 Å². The first-order valence-corrected chi connectivity index (χ1v) is 13.9. The lowest BCUT2D eigenvalue weighted by molar-refractivity contribution is 0.0996. The van der Waals surface area contributed by atoms with Crippen molar-refractivity contribution in [2.24, 2.45) is 10.9 Å². The standard InChI is InChI=1S/C30H41N7O/c1-20-14-15-30(2,3)37(20)28(32-5)24-12-9-13-26(33-24)36-19-23-22(29(36)38)16-27(34-25(23)17-31-4)35(6)18-21-10-7-8-11-21/h9,12-13,16,21,31H,1,7-8,10-11,14-15,17-19H2,2-6H3/b32-28-. The van der Waals surface area contributed by atoms with Crippen LogP contribution in [0.3, 0.4) is 0 Å². The van der Waals surface area contributed by atoms with Gasteiger partial charge >= 0.3 is 0 Å². The van der Waals surface area contributed by atoms with E-state index in [9.17, 15) is 4.79 Å². The fourth-order valence-electron chi connectivity index (χ4n) is 6.29. The first-order valence-electron chi connectivity index (χ1n) is 13.9. The highest BCUT2D eigenvalue weighted by Gasteiger charge is 2.38. The van der Waals surface area contributed by atoms with Gasteiger partial charge in [0.15, 0.2) is 5.84 Å². The molecule has 38 heavy (non-hydrogen) atoms. The normalized spacial score (nSPS) is 19.6. The number of aliphatic imine (C=N–C) groups is 1. The average Bonchev–Trinajstić information content (AvgIpc) is 3.60. The molecule has 3 aliphatic rings. The minimum Gasteiger partial charge on any atom is -0.359 e. The van der Waals surface area contributed by atoms with E-state index >= 15 is 0 Å². The molecule has 2 aromatic heterocycles. The Kier molecular flexibility index (Phi) is 7.27. The third kappa shape index (κ3) is 4.82. The zero-order valence-electron chi connectivity index (χ0n) is 23.5. The number of rotatable bonds is 7. The first-order chi connectivity index (χ1) is 18.2. The molecule has 0 atom stereocenters. The van der Waals surface area contributed by atoms with Gasteiger partial charge in [-0.15, -0.1) is 0 Å². The zero-order valence-corrected chi connectivity index (χ0v) is 23.5. The summed E-state index contributed by atoms with van der Waals surface area (Å²) < 4.78 is 0. The van der Waals surface area contributed by atoms with Gasteiger partial charge in [0.25, 0.3) is 5.91 Å². The van der Waals surface area contributed by atoms with Gasteiger partial charge in [-0.1, -0.05) is 25.5 Å². The van der Waals surface area contributed by atoms with Crippen molar-refractivity contribution in [2.45, 2.75) is 71.0 Å². The first kappa shape index (κ1) is 26.4. The van der Waals surface area contributed by atoms with E-state index in [1.54, 1.807) is 11.9 Å². The topological polar surface area (TPSA) is 77.0 Å². The number of fused-ring (bicyclic) bond motifs is 1. The fraction of sp³-hybridized carbons (Fsp3) is 0.533. The molecule has 0 radical (unpaired) electrons. The summed E-state index contributed by atoms with van der Waals surface area (Å²) in [7, 11) is 5.81. The van der Waals surface area contributed by atoms with Gasteiger partial charge in [-0.25, -0.2) is 9.97 Å². The number of carbonyl (C=O) groups excluding carboxylic acids is 1. The van der Waals surface area contributed by atoms with Crippen LogP contribution in [0.2, 0.25) is 0 Å². The quantitative estimate of drug-likeness (QED) is 0.424. The van der Waals surface area contributed by atoms with Crippen molar-refractivity contribution in [3.8, 4) is 0 Å². The Morgan fingerprint density at radius 1 is 1.26 bits per heavy atom. The molecule has 202 valence electrons. The van der Waals surface area contributed by atoms with Gasteiger partial charge in [0.05, 0.1) is 17.8 Å². The molecule has 0 spiro atoms. The van der Waals surface area contributed by atoms with Gasteiger partial charge in [-0.05, 0) is 70.7 Å². The summed E-state index contributed by atoms with van der Waals surface area (Å²) in [5.74, 6) is 2.96. The second kappa shape index (κ2) is 10.5. The Bertz CT molecular complexity index is 1260. The van der Waals surface area contributed by atoms with E-state index in [0.29, 0.717) is 24.8 Å². The molecule has 8 nitrogen and oxygen atoms in total. The highest BCUT2D eigenvalue weighted by Crippen LogP contribution is 2.37. The summed E-state index contributed by atoms with van der Waals surface area (Å²) in [5, 5.41) is 3.24. The van der Waals surface area contributed by atoms with Crippen LogP contribution >= 0.6 is 0 Å². The second-order valence-electron chi connectivity index (χ2n) is 11.5. The highest BCUT2D eigenvalue weighted by molar-refractivity contribution is 6.10. The van der Waals surface area contributed by atoms with Crippen molar-refractivity contribution in [1.82, 2.24) is 20.2 Å². The Morgan fingerprint density at radius 2 is 2.03 bits per heavy atom. The van der Waals surface area contributed by atoms with E-state index in [2.05, 4.69) is 47.6 Å². The maximum atomic E-state index is 13.8. The third-order valence-electron chi connectivity index (χ3n) is 8.34. The van der Waals surface area contributed by atoms with E-state index in [0.717, 1.165) is 59.3 Å². The molecular formula is C30H41N7O. The van der Waals surface area contributed by atoms with Crippen molar-refractivity contribution in [3.63, 3.8) is 0 Å². The van der Waals surface area contributed by atoms with Crippen LogP contribution in [0.5, 0.6) is 0 Å². The van der Waals surface area contributed by atoms with Crippen molar-refractivity contribution >= 4 is 23.4 Å². The molecular weight excluding hydrogens is 474 g/mol. The minimum absolute atomic E-state index is 0.0270. The van der Waals surface area contributed by atoms with Crippen molar-refractivity contribution in [1.29, 1.82) is 0 Å². The summed E-state index contributed by atoms with van der Waals surface area (Å²) in [6.07, 6.45) is 7.13. The van der Waals surface area contributed by atoms with Gasteiger partial charge in [0, 0.05) is 44.0 Å². The predicted octanol–water partition coefficient (Wildman–Crippen LogP) is 4.75. The van der Waals surface area contributed by atoms with Crippen LogP contribution in [0.25, 0.3) is 0 Å². The summed E-state index contributed by atoms with van der Waals surface area (Å²) in [5.41, 5.74) is 4.34. The van der Waals surface area contributed by atoms with E-state index in [1.807, 2.05) is 31.3 Å². The van der Waals surface area contributed by atoms with E-state index in [1.165, 1.54) is 25.7 Å². The lowest BCUT2D eigenvalue weighted by Crippen LogP contribution is -2.42. The molecule has 1 aliphatic carbocycles. The van der Waals surface area contributed by atoms with Crippen molar-refractivity contribution in [2.75, 3.05) is 37.5 Å². The number of carbonyl (C=O) groups is 1. The summed E-state index contributed by atoms with van der Waals surface area (Å²) in [4.78, 5) is 34.6. The van der Waals surface area contributed by atoms with Gasteiger partial charge < -0.3 is 15.1 Å². The molecule has 0 unspecified atom stereocenters. The number of nitrogens with one attached hydrogen (secondary N) is 1. The molecule has 1 amide bonds. The monoisotopic (exact) mass is 515 g/mol. The van der Waals surface area contributed by atoms with Crippen LogP contribution in [-0.4, -0.2) is 59.8 Å². The predicted molar refractivity (Wildman–Crippen MR) is 154 cm³/mol. The summed E-state index contributed by atoms with van der Waals surface area (Å²) >= 11 is 0. The molecule has 2 fully saturated rings. The Balaban J connectivity index is 1.45. The van der Waals surface area contributed by atoms with E-state index in [-0.39, 0.29) is 11.4 Å². The van der Waals surface area contributed by atoms with Crippen LogP contribution in [0.15, 0.2) is 41.5 Å². The number of nitrogens with zero attached hydrogens (tertiary/aromatic N) is 6. The number of hydrogen-bond acceptors (Lipinski definition) is 6. The zero-order chi connectivity index (χ0) is 27.0. The van der Waals surface area contributed by atoms with Crippen molar-refractivity contribution < 1.29 is 4.79 Å². The summed E-state index contributed by atoms with van der Waals surface area (Å²) in [6, 6.07) is 7.80. The van der Waals surface area contributed by atoms with Gasteiger partial charge in [-0.3, -0.25) is 14.7 Å². The maximum absolute atomic E-state index is 13.8. The Hall–Kier alpha value is -3.26. The molecule has 1 saturated heterocycles. The SMILES string of the molecule is C=C1CCC(C)(C)N1/C(=N\C)c1cccc(N2Cc3c(cc(N(C)CC4CCCC4)nc3CNC)C2=O)n1. The second-order valence-corrected chi connectivity index (χ2v) is 11.5. The lowest BCUT2D eigenvalue weighted by Gasteiger charge is -2.34. The van der Waals surface area contributed by atoms with Crippen LogP contribution < -0.4 is 15.1 Å². The lowest BCUT2D eigenvalue weighted by atomic mass is 10.0. The molecule has 0 bridgehead atoms. The number of aromatic nitrogens is 2. The number of allylic oxidation sites excluding steroid dienone is 1. The van der Waals surface area contributed by atoms with Gasteiger partial charge in [-0.2, -0.15) is 0 Å². The molecule has 8 heteroatoms. The van der Waals surface area contributed by atoms with Crippen LogP contribution in [0, 0.1) is 5.92 Å². The molecule has 2 aromatic rings. The summed E-state index contributed by atoms with van der Waals surface area (Å²) in [6.45, 7) is 10.7. The number of hydrogen-bond donors (Lipinski definition) is 1. The molecule has 4 heterocycles. The van der Waals surface area contributed by atoms with Crippen LogP contribution in [0.4, 0.5) is 11.6 Å². The van der Waals surface area contributed by atoms with E-state index in [4.69, 9.17) is 9.97 Å². The largest absolute Gasteiger partial charge is 0.359 e. The third-order valence-corrected chi connectivity index (χ3v) is 8.34. The van der Waals surface area contributed by atoms with Crippen LogP contribution in [-0.2, 0) is 13.1 Å². The van der Waals surface area contributed by atoms with E-state index < -0.39 is 0 Å². The van der Waals surface area contributed by atoms with Crippen molar-refractivity contribution in [3.05, 3.63) is 59.1 Å². The number of amidine groups is 1. The van der Waals surface area contributed by atoms with Crippen LogP contribution in [0.1, 0.15) is 79.7 Å². The molecule has 1 N–H and O–H groups in total. The minimum atomic E-state index is -0.0854. The molecule has 5 rings (SSSR count). The maximum Gasteiger partial charge on any atom is 0.260 e. The average molecular weight is 516 g/mol. The number of anilines is 2. The smallest absolute Gasteiger partial charge is 0.260 e. The number of likely N-dealkylation sites (tertiary alicyclic amines) is 1. The molecule has 2 aliphatic heterocycles. The van der Waals surface area contributed by atoms with Gasteiger partial charge in [0.1, 0.15) is 17.3 Å². The Morgan fingerprint density at radius 3 is 2.68 bits per heavy atom. The molecule has 1 saturated carbocycles. The number of pyridine rings is 2. The fourth-order valence-corrected chi connectivity index (χ4v) is 6.29. The molecule has 0 aromatic carbocycles. The number of amides is 1.